The molecule has 35 nitrogen and oxygen atoms in total. The third-order valence-corrected chi connectivity index (χ3v) is 24.0. The number of phosphoric ester groups is 1. The maximum absolute atomic E-state index is 14.4. The maximum Gasteiger partial charge on any atom is 0.490 e. The summed E-state index contributed by atoms with van der Waals surface area (Å²) >= 11 is 0. The van der Waals surface area contributed by atoms with E-state index in [1.54, 1.807) is 11.9 Å². The first kappa shape index (κ1) is 88.0. The molecule has 7 rings (SSSR count). The van der Waals surface area contributed by atoms with E-state index in [4.69, 9.17) is 25.2 Å². The fourth-order valence-electron chi connectivity index (χ4n) is 12.6. The zero-order valence-electron chi connectivity index (χ0n) is 60.5. The van der Waals surface area contributed by atoms with E-state index >= 15 is 0 Å². The Bertz CT molecular complexity index is 4330. The predicted octanol–water partition coefficient (Wildman–Crippen LogP) is 5.65. The lowest BCUT2D eigenvalue weighted by molar-refractivity contribution is -0.148. The Hall–Kier alpha value is -8.17. The number of rotatable bonds is 42. The van der Waals surface area contributed by atoms with Crippen LogP contribution in [-0.2, 0) is 82.8 Å². The molecule has 40 heteroatoms. The number of nitrogens with two attached hydrogens (primary N) is 1. The molecule has 0 spiro atoms. The number of anilines is 1. The molecular weight excluding hydrogens is 1520 g/mol. The largest absolute Gasteiger partial charge is 0.490 e. The van der Waals surface area contributed by atoms with Gasteiger partial charge in [0.2, 0.25) is 29.5 Å². The van der Waals surface area contributed by atoms with Crippen LogP contribution in [0.25, 0.3) is 11.0 Å². The van der Waals surface area contributed by atoms with Crippen LogP contribution >= 0.6 is 45.1 Å². The van der Waals surface area contributed by atoms with E-state index in [2.05, 4.69) is 107 Å². The minimum atomic E-state index is -5.81. The van der Waals surface area contributed by atoms with Crippen LogP contribution in [0.1, 0.15) is 160 Å². The van der Waals surface area contributed by atoms with Gasteiger partial charge in [-0.2, -0.15) is 8.62 Å². The Labute approximate surface area is 636 Å². The number of amides is 6. The van der Waals surface area contributed by atoms with E-state index in [1.165, 1.54) is 60.2 Å². The maximum atomic E-state index is 14.4. The molecule has 4 aromatic rings. The summed E-state index contributed by atoms with van der Waals surface area (Å²) in [6.07, 6.45) is 5.89. The highest BCUT2D eigenvalue weighted by molar-refractivity contribution is 8.76. The van der Waals surface area contributed by atoms with Crippen molar-refractivity contribution in [1.82, 2.24) is 46.0 Å². The van der Waals surface area contributed by atoms with Crippen LogP contribution in [0.5, 0.6) is 0 Å². The highest BCUT2D eigenvalue weighted by Gasteiger charge is 2.44. The number of benzene rings is 2. The number of nitrogens with one attached hydrogen (secondary N) is 5. The number of nitrogen functional groups attached to an aromatic ring is 1. The number of aliphatic carboxylic acids is 3. The number of carbonyl (C=O) groups excluding carboxylic acids is 6. The normalized spacial score (nSPS) is 19.0. The molecule has 1 aliphatic heterocycles. The third kappa shape index (κ3) is 26.8. The molecule has 1 saturated heterocycles. The van der Waals surface area contributed by atoms with E-state index in [1.807, 2.05) is 30.4 Å². The van der Waals surface area contributed by atoms with Gasteiger partial charge in [0.05, 0.1) is 48.8 Å². The van der Waals surface area contributed by atoms with Gasteiger partial charge in [-0.3, -0.25) is 47.9 Å². The zero-order chi connectivity index (χ0) is 79.9. The van der Waals surface area contributed by atoms with Gasteiger partial charge in [0.1, 0.15) is 48.2 Å². The predicted molar refractivity (Wildman–Crippen MR) is 401 cm³/mol. The van der Waals surface area contributed by atoms with Crippen molar-refractivity contribution in [3.05, 3.63) is 111 Å². The van der Waals surface area contributed by atoms with Gasteiger partial charge in [0.25, 0.3) is 5.91 Å². The highest BCUT2D eigenvalue weighted by Crippen LogP contribution is 2.66. The summed E-state index contributed by atoms with van der Waals surface area (Å²) in [5, 5.41) is 51.7. The number of aromatic nitrogens is 3. The molecule has 2 aromatic carbocycles. The second kappa shape index (κ2) is 41.2. The van der Waals surface area contributed by atoms with Gasteiger partial charge in [-0.05, 0) is 111 Å². The van der Waals surface area contributed by atoms with Gasteiger partial charge >= 0.3 is 41.4 Å². The molecule has 8 unspecified atom stereocenters. The first-order valence-electron chi connectivity index (χ1n) is 35.0. The van der Waals surface area contributed by atoms with Crippen LogP contribution in [0.4, 0.5) is 5.82 Å². The van der Waals surface area contributed by atoms with Crippen molar-refractivity contribution < 1.29 is 115 Å². The molecule has 594 valence electrons. The standard InChI is InChI=1S/C69H92N11O24P3S2/c1-6-16-42-31-44-32-45-33-51(71-7-2)41(4)30-49(45)63(48(44)29-40(42)3)46-18-10-11-19-47(46)68(91)79(5)26-14-22-56(82)72-24-12-8-9-21-58(84)76-50(66(89)77-52(34-60(85)86)67(90)78-53(69(92)93)35-61(87)88)20-15-27-108-109-28-23-57(83)73-25-13-17-43-37-80(65-62(43)64(70)74-39-75-65)59-36-54(81)55(102-59)38-101-106(97,98)104-107(99,100)103-105(94,95)96/h10-11,18-19,29-31,33,37,39,49-50,52-55,59,63,81H,6-9,12,14-16,20-28,32,34-36,38H2,1-5H3,(H,72,82)(H,73,83)(H,76,84)(H,77,89)(H,78,90)(H,85,86)(H,87,88)(H,92,93)(H,97,98)(H,99,100)(H2,70,74,75)(H2,94,95,96)/b71-51+/t49?,50?,52?,53?,54?,55-,59-,63?/m1/s1. The average Bonchev–Trinajstić information content (AvgIpc) is 1.21. The van der Waals surface area contributed by atoms with Crippen LogP contribution in [0.2, 0.25) is 0 Å². The summed E-state index contributed by atoms with van der Waals surface area (Å²) < 4.78 is 54.3. The van der Waals surface area contributed by atoms with E-state index < -0.39 is 115 Å². The van der Waals surface area contributed by atoms with Crippen molar-refractivity contribution in [1.29, 1.82) is 0 Å². The smallest absolute Gasteiger partial charge is 0.481 e. The molecule has 15 N–H and O–H groups in total. The van der Waals surface area contributed by atoms with Gasteiger partial charge in [-0.15, -0.1) is 0 Å². The molecule has 0 bridgehead atoms. The molecular formula is C69H92N11O24P3S2. The molecule has 1 fully saturated rings. The Balaban J connectivity index is 0.862. The Kier molecular flexibility index (Phi) is 33.3. The highest BCUT2D eigenvalue weighted by atomic mass is 33.1. The van der Waals surface area contributed by atoms with Gasteiger partial charge in [-0.1, -0.05) is 95.2 Å². The van der Waals surface area contributed by atoms with Crippen molar-refractivity contribution in [2.45, 2.75) is 166 Å². The number of allylic oxidation sites excluding steroid dienone is 4. The van der Waals surface area contributed by atoms with Crippen molar-refractivity contribution in [3.8, 4) is 11.8 Å². The number of carboxylic acids is 3. The van der Waals surface area contributed by atoms with Gasteiger partial charge < -0.3 is 86.5 Å². The number of aliphatic hydroxyl groups is 1. The zero-order valence-corrected chi connectivity index (χ0v) is 64.8. The molecule has 0 saturated carbocycles. The number of hydrogen-bond acceptors (Lipinski definition) is 23. The van der Waals surface area contributed by atoms with E-state index in [0.717, 1.165) is 42.4 Å². The Morgan fingerprint density at radius 2 is 1.50 bits per heavy atom. The first-order valence-corrected chi connectivity index (χ1v) is 42.0. The summed E-state index contributed by atoms with van der Waals surface area (Å²) in [7, 11) is -12.6. The number of aliphatic hydroxyl groups excluding tert-OH is 1. The number of carboxylic acid groups (broad SMARTS) is 3. The number of ether oxygens (including phenoxy) is 1. The summed E-state index contributed by atoms with van der Waals surface area (Å²) in [5.74, 6) is -2.23. The molecule has 109 heavy (non-hydrogen) atoms. The van der Waals surface area contributed by atoms with Crippen LogP contribution in [-0.4, -0.2) is 200 Å². The molecule has 2 aliphatic carbocycles. The van der Waals surface area contributed by atoms with Crippen molar-refractivity contribution >= 4 is 121 Å². The summed E-state index contributed by atoms with van der Waals surface area (Å²) in [4.78, 5) is 167. The fourth-order valence-corrected chi connectivity index (χ4v) is 17.8. The van der Waals surface area contributed by atoms with Crippen LogP contribution < -0.4 is 32.3 Å². The second-order valence-corrected chi connectivity index (χ2v) is 33.2. The number of carbonyl (C=O) groups is 9. The topological polar surface area (TPSA) is 536 Å². The van der Waals surface area contributed by atoms with Gasteiger partial charge in [0.15, 0.2) is 0 Å². The van der Waals surface area contributed by atoms with Crippen LogP contribution in [0, 0.1) is 24.7 Å². The summed E-state index contributed by atoms with van der Waals surface area (Å²) in [6.45, 7) is 8.66. The van der Waals surface area contributed by atoms with Crippen molar-refractivity contribution in [3.63, 3.8) is 0 Å². The Morgan fingerprint density at radius 1 is 0.807 bits per heavy atom. The van der Waals surface area contributed by atoms with Crippen LogP contribution in [0.3, 0.4) is 0 Å². The number of aryl methyl sites for hydroxylation is 2. The molecule has 3 aliphatic rings. The number of hydrogen-bond donors (Lipinski definition) is 14. The van der Waals surface area contributed by atoms with Crippen LogP contribution in [0.15, 0.2) is 77.2 Å². The molecule has 3 heterocycles. The number of aliphatic imine (C=N–C) groups is 1. The van der Waals surface area contributed by atoms with Crippen molar-refractivity contribution in [2.75, 3.05) is 57.1 Å². The lowest BCUT2D eigenvalue weighted by Gasteiger charge is -2.38. The number of phosphoric acid groups is 3. The third-order valence-electron chi connectivity index (χ3n) is 17.7. The molecule has 0 radical (unpaired) electrons. The van der Waals surface area contributed by atoms with Gasteiger partial charge in [0, 0.05) is 87.5 Å². The van der Waals surface area contributed by atoms with E-state index in [-0.39, 0.29) is 97.0 Å². The monoisotopic (exact) mass is 1620 g/mol. The first-order chi connectivity index (χ1) is 51.6. The van der Waals surface area contributed by atoms with Crippen molar-refractivity contribution in [2.24, 2.45) is 10.9 Å². The summed E-state index contributed by atoms with van der Waals surface area (Å²) in [6, 6.07) is 7.23. The van der Waals surface area contributed by atoms with Gasteiger partial charge in [-0.25, -0.2) is 28.5 Å². The lowest BCUT2D eigenvalue weighted by atomic mass is 9.65. The number of unbranched alkanes of at least 4 members (excludes halogenated alkanes) is 2. The van der Waals surface area contributed by atoms with E-state index in [9.17, 15) is 87.1 Å². The number of fused-ring (bicyclic) bond motifs is 3. The minimum absolute atomic E-state index is 0.000682. The molecule has 2 aromatic heterocycles. The van der Waals surface area contributed by atoms with E-state index in [0.29, 0.717) is 62.4 Å². The molecule has 6 amide bonds. The Morgan fingerprint density at radius 3 is 2.20 bits per heavy atom. The molecule has 10 atom stereocenters. The average molecular weight is 1620 g/mol. The summed E-state index contributed by atoms with van der Waals surface area (Å²) in [5.41, 5.74) is 16.6. The SMILES string of the molecule is CCCc1cc2c(cc1C)C(c1ccccc1C(=O)N(C)CCCC(=O)NCCCCCC(=O)NC(CCCSSCCC(=O)NCC#Cc1cn([C@H]3CC(O)[C@@H](COP(=O)(O)OP(=O)(O)OP(=O)(O)O)O3)c3ncnc(N)c13)C(=O)NC(CC(=O)O)C(=O)NC(CC(=O)O)C(=O)O)C1C=C(C)/C(=N/CC)C=C1C2. The minimum Gasteiger partial charge on any atom is -0.481 e. The quantitative estimate of drug-likeness (QED) is 0.0110. The lowest BCUT2D eigenvalue weighted by Crippen LogP contribution is -2.56. The fraction of sp³-hybridized carbons (Fsp3) is 0.507. The number of nitrogens with zero attached hydrogens (tertiary/aromatic N) is 5. The second-order valence-electron chi connectivity index (χ2n) is 26.0.